The zero-order valence-corrected chi connectivity index (χ0v) is 16.5. The van der Waals surface area contributed by atoms with E-state index in [2.05, 4.69) is 6.58 Å². The fourth-order valence-corrected chi connectivity index (χ4v) is 3.84. The van der Waals surface area contributed by atoms with Gasteiger partial charge in [-0.2, -0.15) is 0 Å². The SMILES string of the molecule is C=CCN1C(=O)/C(=C/c2ccc(OCc3ccccc3)c(OC)c2)SC1=S. The monoisotopic (exact) mass is 397 g/mol. The van der Waals surface area contributed by atoms with Gasteiger partial charge < -0.3 is 9.47 Å². The van der Waals surface area contributed by atoms with E-state index < -0.39 is 0 Å². The molecule has 1 saturated heterocycles. The smallest absolute Gasteiger partial charge is 0.266 e. The third-order valence-electron chi connectivity index (χ3n) is 3.91. The quantitative estimate of drug-likeness (QED) is 0.386. The predicted molar refractivity (Wildman–Crippen MR) is 114 cm³/mol. The van der Waals surface area contributed by atoms with Gasteiger partial charge in [0.05, 0.1) is 12.0 Å². The van der Waals surface area contributed by atoms with Crippen LogP contribution in [-0.2, 0) is 11.4 Å². The van der Waals surface area contributed by atoms with Crippen molar-refractivity contribution in [3.05, 3.63) is 77.2 Å². The van der Waals surface area contributed by atoms with Gasteiger partial charge >= 0.3 is 0 Å². The molecule has 0 atom stereocenters. The molecular weight excluding hydrogens is 378 g/mol. The maximum Gasteiger partial charge on any atom is 0.266 e. The van der Waals surface area contributed by atoms with Crippen LogP contribution in [0.5, 0.6) is 11.5 Å². The van der Waals surface area contributed by atoms with Gasteiger partial charge in [0.2, 0.25) is 0 Å². The van der Waals surface area contributed by atoms with Crippen LogP contribution in [-0.4, -0.2) is 28.8 Å². The number of carbonyl (C=O) groups excluding carboxylic acids is 1. The van der Waals surface area contributed by atoms with Gasteiger partial charge in [0, 0.05) is 6.54 Å². The normalized spacial score (nSPS) is 15.3. The van der Waals surface area contributed by atoms with Crippen LogP contribution in [0.3, 0.4) is 0 Å². The van der Waals surface area contributed by atoms with Gasteiger partial charge in [-0.1, -0.05) is 66.5 Å². The number of thiocarbonyl (C=S) groups is 1. The molecule has 0 unspecified atom stereocenters. The van der Waals surface area contributed by atoms with Crippen LogP contribution >= 0.6 is 24.0 Å². The lowest BCUT2D eigenvalue weighted by Crippen LogP contribution is -2.27. The Labute approximate surface area is 168 Å². The van der Waals surface area contributed by atoms with E-state index in [0.29, 0.717) is 33.9 Å². The van der Waals surface area contributed by atoms with Crippen molar-refractivity contribution in [2.75, 3.05) is 13.7 Å². The first-order valence-corrected chi connectivity index (χ1v) is 9.56. The summed E-state index contributed by atoms with van der Waals surface area (Å²) < 4.78 is 11.9. The highest BCUT2D eigenvalue weighted by Crippen LogP contribution is 2.34. The van der Waals surface area contributed by atoms with Crippen molar-refractivity contribution in [1.82, 2.24) is 4.90 Å². The molecule has 0 aliphatic carbocycles. The average molecular weight is 398 g/mol. The summed E-state index contributed by atoms with van der Waals surface area (Å²) >= 11 is 6.55. The Kier molecular flexibility index (Phi) is 6.32. The molecule has 138 valence electrons. The first-order valence-electron chi connectivity index (χ1n) is 8.33. The number of rotatable bonds is 7. The molecular formula is C21H19NO3S2. The number of ether oxygens (including phenoxy) is 2. The first-order chi connectivity index (χ1) is 13.1. The molecule has 0 spiro atoms. The fourth-order valence-electron chi connectivity index (χ4n) is 2.57. The van der Waals surface area contributed by atoms with Gasteiger partial charge in [-0.15, -0.1) is 6.58 Å². The molecule has 27 heavy (non-hydrogen) atoms. The van der Waals surface area contributed by atoms with E-state index in [1.54, 1.807) is 13.2 Å². The minimum Gasteiger partial charge on any atom is -0.493 e. The number of thioether (sulfide) groups is 1. The molecule has 0 saturated carbocycles. The molecule has 4 nitrogen and oxygen atoms in total. The molecule has 0 radical (unpaired) electrons. The number of benzene rings is 2. The molecule has 3 rings (SSSR count). The van der Waals surface area contributed by atoms with Crippen molar-refractivity contribution in [2.45, 2.75) is 6.61 Å². The minimum atomic E-state index is -0.103. The Bertz CT molecular complexity index is 894. The summed E-state index contributed by atoms with van der Waals surface area (Å²) in [6.07, 6.45) is 3.47. The second kappa shape index (κ2) is 8.88. The van der Waals surface area contributed by atoms with E-state index in [1.165, 1.54) is 16.7 Å². The molecule has 0 aromatic heterocycles. The Morgan fingerprint density at radius 2 is 1.96 bits per heavy atom. The van der Waals surface area contributed by atoms with Crippen LogP contribution in [0.4, 0.5) is 0 Å². The van der Waals surface area contributed by atoms with Crippen LogP contribution in [0.15, 0.2) is 66.1 Å². The zero-order chi connectivity index (χ0) is 19.2. The third-order valence-corrected chi connectivity index (χ3v) is 5.29. The summed E-state index contributed by atoms with van der Waals surface area (Å²) in [4.78, 5) is 14.6. The summed E-state index contributed by atoms with van der Waals surface area (Å²) in [7, 11) is 1.60. The van der Waals surface area contributed by atoms with Gasteiger partial charge in [0.25, 0.3) is 5.91 Å². The zero-order valence-electron chi connectivity index (χ0n) is 14.9. The van der Waals surface area contributed by atoms with Crippen LogP contribution in [0.25, 0.3) is 6.08 Å². The van der Waals surface area contributed by atoms with Crippen LogP contribution in [0.1, 0.15) is 11.1 Å². The molecule has 1 fully saturated rings. The van der Waals surface area contributed by atoms with E-state index in [-0.39, 0.29) is 5.91 Å². The number of nitrogens with zero attached hydrogens (tertiary/aromatic N) is 1. The molecule has 1 aliphatic rings. The summed E-state index contributed by atoms with van der Waals surface area (Å²) in [5.41, 5.74) is 1.92. The van der Waals surface area contributed by atoms with Crippen LogP contribution in [0, 0.1) is 0 Å². The topological polar surface area (TPSA) is 38.8 Å². The standard InChI is InChI=1S/C21H19NO3S2/c1-3-11-22-20(23)19(27-21(22)26)13-16-9-10-17(18(12-16)24-2)25-14-15-7-5-4-6-8-15/h3-10,12-13H,1,11,14H2,2H3/b19-13-. The van der Waals surface area contributed by atoms with Crippen molar-refractivity contribution in [2.24, 2.45) is 0 Å². The van der Waals surface area contributed by atoms with Gasteiger partial charge in [-0.25, -0.2) is 0 Å². The van der Waals surface area contributed by atoms with Gasteiger partial charge in [0.1, 0.15) is 10.9 Å². The number of methoxy groups -OCH3 is 1. The molecule has 0 bridgehead atoms. The van der Waals surface area contributed by atoms with Crippen molar-refractivity contribution in [3.8, 4) is 11.5 Å². The highest BCUT2D eigenvalue weighted by molar-refractivity contribution is 8.26. The molecule has 0 N–H and O–H groups in total. The maximum absolute atomic E-state index is 12.4. The van der Waals surface area contributed by atoms with Crippen molar-refractivity contribution >= 4 is 40.3 Å². The number of hydrogen-bond acceptors (Lipinski definition) is 5. The van der Waals surface area contributed by atoms with Crippen molar-refractivity contribution < 1.29 is 14.3 Å². The Hall–Kier alpha value is -2.57. The van der Waals surface area contributed by atoms with Crippen LogP contribution < -0.4 is 9.47 Å². The summed E-state index contributed by atoms with van der Waals surface area (Å²) in [6.45, 7) is 4.53. The van der Waals surface area contributed by atoms with Crippen molar-refractivity contribution in [3.63, 3.8) is 0 Å². The molecule has 2 aromatic carbocycles. The van der Waals surface area contributed by atoms with Crippen LogP contribution in [0.2, 0.25) is 0 Å². The first kappa shape index (κ1) is 19.2. The fraction of sp³-hybridized carbons (Fsp3) is 0.143. The molecule has 2 aromatic rings. The Balaban J connectivity index is 1.77. The van der Waals surface area contributed by atoms with Gasteiger partial charge in [-0.3, -0.25) is 9.69 Å². The van der Waals surface area contributed by atoms with E-state index in [4.69, 9.17) is 21.7 Å². The largest absolute Gasteiger partial charge is 0.493 e. The number of carbonyl (C=O) groups is 1. The third kappa shape index (κ3) is 4.59. The van der Waals surface area contributed by atoms with E-state index in [1.807, 2.05) is 54.6 Å². The van der Waals surface area contributed by atoms with E-state index >= 15 is 0 Å². The molecule has 1 heterocycles. The maximum atomic E-state index is 12.4. The van der Waals surface area contributed by atoms with Gasteiger partial charge in [0.15, 0.2) is 11.5 Å². The summed E-state index contributed by atoms with van der Waals surface area (Å²) in [6, 6.07) is 15.5. The van der Waals surface area contributed by atoms with Gasteiger partial charge in [-0.05, 0) is 29.3 Å². The Morgan fingerprint density at radius 3 is 2.67 bits per heavy atom. The minimum absolute atomic E-state index is 0.103. The lowest BCUT2D eigenvalue weighted by molar-refractivity contribution is -0.121. The lowest BCUT2D eigenvalue weighted by Gasteiger charge is -2.12. The second-order valence-electron chi connectivity index (χ2n) is 5.77. The molecule has 1 amide bonds. The Morgan fingerprint density at radius 1 is 1.19 bits per heavy atom. The molecule has 1 aliphatic heterocycles. The van der Waals surface area contributed by atoms with E-state index in [0.717, 1.165) is 11.1 Å². The summed E-state index contributed by atoms with van der Waals surface area (Å²) in [5.74, 6) is 1.16. The molecule has 6 heteroatoms. The average Bonchev–Trinajstić information content (AvgIpc) is 2.95. The van der Waals surface area contributed by atoms with E-state index in [9.17, 15) is 4.79 Å². The number of hydrogen-bond donors (Lipinski definition) is 0. The highest BCUT2D eigenvalue weighted by atomic mass is 32.2. The van der Waals surface area contributed by atoms with Crippen molar-refractivity contribution in [1.29, 1.82) is 0 Å². The second-order valence-corrected chi connectivity index (χ2v) is 7.44. The number of amides is 1. The highest BCUT2D eigenvalue weighted by Gasteiger charge is 2.30. The lowest BCUT2D eigenvalue weighted by atomic mass is 10.1. The summed E-state index contributed by atoms with van der Waals surface area (Å²) in [5, 5.41) is 0. The predicted octanol–water partition coefficient (Wildman–Crippen LogP) is 4.66.